The quantitative estimate of drug-likeness (QED) is 0.681. The summed E-state index contributed by atoms with van der Waals surface area (Å²) in [6.45, 7) is 2.72. The first-order chi connectivity index (χ1) is 13.1. The summed E-state index contributed by atoms with van der Waals surface area (Å²) in [5, 5.41) is 2.80. The molecule has 1 amide bonds. The number of hydrogen-bond donors (Lipinski definition) is 1. The van der Waals surface area contributed by atoms with Crippen LogP contribution >= 0.6 is 0 Å². The summed E-state index contributed by atoms with van der Waals surface area (Å²) in [5.74, 6) is 0.797. The number of nitrogens with zero attached hydrogens (tertiary/aromatic N) is 1. The maximum Gasteiger partial charge on any atom is 0.337 e. The van der Waals surface area contributed by atoms with Crippen LogP contribution < -0.4 is 14.8 Å². The summed E-state index contributed by atoms with van der Waals surface area (Å²) in [6.07, 6.45) is 2.41. The number of benzene rings is 1. The van der Waals surface area contributed by atoms with E-state index in [0.29, 0.717) is 42.2 Å². The molecular formula is C20H24N2O5. The van der Waals surface area contributed by atoms with Gasteiger partial charge < -0.3 is 19.5 Å². The van der Waals surface area contributed by atoms with E-state index in [9.17, 15) is 9.59 Å². The largest absolute Gasteiger partial charge is 0.493 e. The Balaban J connectivity index is 1.87. The number of aromatic nitrogens is 1. The Morgan fingerprint density at radius 3 is 2.63 bits per heavy atom. The van der Waals surface area contributed by atoms with Crippen LogP contribution in [-0.2, 0) is 22.5 Å². The topological polar surface area (TPSA) is 86.8 Å². The molecule has 0 aliphatic heterocycles. The number of esters is 1. The van der Waals surface area contributed by atoms with Crippen molar-refractivity contribution in [3.63, 3.8) is 0 Å². The normalized spacial score (nSPS) is 10.2. The molecule has 0 spiro atoms. The van der Waals surface area contributed by atoms with Gasteiger partial charge in [-0.25, -0.2) is 4.79 Å². The number of pyridine rings is 1. The van der Waals surface area contributed by atoms with Gasteiger partial charge in [-0.2, -0.15) is 0 Å². The molecule has 2 rings (SSSR count). The highest BCUT2D eigenvalue weighted by atomic mass is 16.5. The van der Waals surface area contributed by atoms with Crippen molar-refractivity contribution in [1.82, 2.24) is 10.3 Å². The third-order valence-corrected chi connectivity index (χ3v) is 3.87. The first kappa shape index (κ1) is 20.2. The minimum Gasteiger partial charge on any atom is -0.493 e. The number of aryl methyl sites for hydroxylation is 1. The minimum atomic E-state index is -0.436. The number of carbonyl (C=O) groups excluding carboxylic acids is 2. The van der Waals surface area contributed by atoms with Gasteiger partial charge in [-0.15, -0.1) is 0 Å². The van der Waals surface area contributed by atoms with E-state index in [4.69, 9.17) is 9.47 Å². The van der Waals surface area contributed by atoms with Gasteiger partial charge in [-0.05, 0) is 43.2 Å². The molecule has 27 heavy (non-hydrogen) atoms. The Morgan fingerprint density at radius 1 is 1.11 bits per heavy atom. The summed E-state index contributed by atoms with van der Waals surface area (Å²) in [7, 11) is 2.91. The maximum atomic E-state index is 12.1. The van der Waals surface area contributed by atoms with Gasteiger partial charge >= 0.3 is 5.97 Å². The summed E-state index contributed by atoms with van der Waals surface area (Å²) in [6, 6.07) is 8.81. The van der Waals surface area contributed by atoms with Gasteiger partial charge in [0.15, 0.2) is 11.5 Å². The van der Waals surface area contributed by atoms with E-state index >= 15 is 0 Å². The Kier molecular flexibility index (Phi) is 7.61. The van der Waals surface area contributed by atoms with Gasteiger partial charge in [-0.1, -0.05) is 6.07 Å². The first-order valence-corrected chi connectivity index (χ1v) is 8.67. The fraction of sp³-hybridized carbons (Fsp3) is 0.350. The predicted molar refractivity (Wildman–Crippen MR) is 99.9 cm³/mol. The number of methoxy groups -OCH3 is 2. The Bertz CT molecular complexity index is 792. The van der Waals surface area contributed by atoms with Gasteiger partial charge in [-0.3, -0.25) is 9.78 Å². The average Bonchev–Trinajstić information content (AvgIpc) is 2.71. The SMILES string of the molecule is CCOc1ccc(CCC(=O)NCc2cc(C(=O)OC)ccn2)cc1OC. The summed E-state index contributed by atoms with van der Waals surface area (Å²) in [5.41, 5.74) is 1.98. The van der Waals surface area contributed by atoms with E-state index in [1.165, 1.54) is 13.3 Å². The van der Waals surface area contributed by atoms with Crippen LogP contribution in [0.5, 0.6) is 11.5 Å². The number of carbonyl (C=O) groups is 2. The van der Waals surface area contributed by atoms with Gasteiger partial charge in [0, 0.05) is 12.6 Å². The first-order valence-electron chi connectivity index (χ1n) is 8.67. The Morgan fingerprint density at radius 2 is 1.93 bits per heavy atom. The second-order valence-corrected chi connectivity index (χ2v) is 5.72. The molecule has 0 fully saturated rings. The Hall–Kier alpha value is -3.09. The van der Waals surface area contributed by atoms with Crippen molar-refractivity contribution in [2.24, 2.45) is 0 Å². The molecule has 0 aliphatic rings. The van der Waals surface area contributed by atoms with Crippen molar-refractivity contribution in [3.05, 3.63) is 53.3 Å². The third-order valence-electron chi connectivity index (χ3n) is 3.87. The molecule has 0 saturated heterocycles. The second-order valence-electron chi connectivity index (χ2n) is 5.72. The molecule has 0 aliphatic carbocycles. The number of rotatable bonds is 9. The maximum absolute atomic E-state index is 12.1. The molecule has 7 heteroatoms. The van der Waals surface area contributed by atoms with Crippen LogP contribution in [0.1, 0.15) is 35.0 Å². The van der Waals surface area contributed by atoms with E-state index in [0.717, 1.165) is 5.56 Å². The van der Waals surface area contributed by atoms with E-state index in [-0.39, 0.29) is 12.5 Å². The van der Waals surface area contributed by atoms with Crippen LogP contribution in [-0.4, -0.2) is 37.7 Å². The van der Waals surface area contributed by atoms with Crippen molar-refractivity contribution in [2.75, 3.05) is 20.8 Å². The fourth-order valence-corrected chi connectivity index (χ4v) is 2.50. The van der Waals surface area contributed by atoms with Gasteiger partial charge in [0.2, 0.25) is 5.91 Å². The van der Waals surface area contributed by atoms with Gasteiger partial charge in [0.1, 0.15) is 0 Å². The summed E-state index contributed by atoms with van der Waals surface area (Å²) < 4.78 is 15.5. The lowest BCUT2D eigenvalue weighted by atomic mass is 10.1. The monoisotopic (exact) mass is 372 g/mol. The zero-order valence-corrected chi connectivity index (χ0v) is 15.8. The minimum absolute atomic E-state index is 0.104. The lowest BCUT2D eigenvalue weighted by molar-refractivity contribution is -0.121. The standard InChI is InChI=1S/C20H24N2O5/c1-4-27-17-7-5-14(11-18(17)25-2)6-8-19(23)22-13-16-12-15(9-10-21-16)20(24)26-3/h5,7,9-12H,4,6,8,13H2,1-3H3,(H,22,23). The average molecular weight is 372 g/mol. The summed E-state index contributed by atoms with van der Waals surface area (Å²) in [4.78, 5) is 27.8. The Labute approximate surface area is 158 Å². The van der Waals surface area contributed by atoms with E-state index in [1.807, 2.05) is 25.1 Å². The molecular weight excluding hydrogens is 348 g/mol. The molecule has 1 aromatic heterocycles. The number of amides is 1. The number of hydrogen-bond acceptors (Lipinski definition) is 6. The fourth-order valence-electron chi connectivity index (χ4n) is 2.50. The van der Waals surface area contributed by atoms with Crippen LogP contribution in [0.2, 0.25) is 0 Å². The molecule has 7 nitrogen and oxygen atoms in total. The number of nitrogens with one attached hydrogen (secondary N) is 1. The predicted octanol–water partition coefficient (Wildman–Crippen LogP) is 2.52. The highest BCUT2D eigenvalue weighted by Gasteiger charge is 2.09. The molecule has 2 aromatic rings. The lowest BCUT2D eigenvalue weighted by Gasteiger charge is -2.11. The van der Waals surface area contributed by atoms with Crippen LogP contribution in [0.3, 0.4) is 0 Å². The molecule has 144 valence electrons. The van der Waals surface area contributed by atoms with Crippen LogP contribution in [0.4, 0.5) is 0 Å². The zero-order valence-electron chi connectivity index (χ0n) is 15.8. The van der Waals surface area contributed by atoms with E-state index in [1.54, 1.807) is 19.2 Å². The van der Waals surface area contributed by atoms with Crippen molar-refractivity contribution in [2.45, 2.75) is 26.3 Å². The highest BCUT2D eigenvalue weighted by molar-refractivity contribution is 5.89. The van der Waals surface area contributed by atoms with Gasteiger partial charge in [0.25, 0.3) is 0 Å². The smallest absolute Gasteiger partial charge is 0.337 e. The zero-order chi connectivity index (χ0) is 19.6. The van der Waals surface area contributed by atoms with Crippen LogP contribution in [0.25, 0.3) is 0 Å². The molecule has 0 bridgehead atoms. The van der Waals surface area contributed by atoms with Crippen molar-refractivity contribution < 1.29 is 23.8 Å². The molecule has 0 atom stereocenters. The molecule has 1 N–H and O–H groups in total. The van der Waals surface area contributed by atoms with E-state index < -0.39 is 5.97 Å². The molecule has 0 unspecified atom stereocenters. The van der Waals surface area contributed by atoms with Crippen molar-refractivity contribution in [1.29, 1.82) is 0 Å². The van der Waals surface area contributed by atoms with Crippen LogP contribution in [0, 0.1) is 0 Å². The summed E-state index contributed by atoms with van der Waals surface area (Å²) >= 11 is 0. The van der Waals surface area contributed by atoms with Crippen molar-refractivity contribution >= 4 is 11.9 Å². The molecule has 1 aromatic carbocycles. The number of ether oxygens (including phenoxy) is 3. The van der Waals surface area contributed by atoms with Crippen molar-refractivity contribution in [3.8, 4) is 11.5 Å². The molecule has 0 saturated carbocycles. The highest BCUT2D eigenvalue weighted by Crippen LogP contribution is 2.28. The lowest BCUT2D eigenvalue weighted by Crippen LogP contribution is -2.23. The van der Waals surface area contributed by atoms with Gasteiger partial charge in [0.05, 0.1) is 38.6 Å². The van der Waals surface area contributed by atoms with Crippen LogP contribution in [0.15, 0.2) is 36.5 Å². The molecule has 0 radical (unpaired) electrons. The van der Waals surface area contributed by atoms with E-state index in [2.05, 4.69) is 15.0 Å². The molecule has 1 heterocycles. The second kappa shape index (κ2) is 10.2. The third kappa shape index (κ3) is 5.99.